The highest BCUT2D eigenvalue weighted by Gasteiger charge is 2.31. The molecule has 1 aromatic rings. The number of fused-ring (bicyclic) bond motifs is 1. The molecule has 3 heteroatoms. The molecule has 1 unspecified atom stereocenters. The van der Waals surface area contributed by atoms with Crippen molar-refractivity contribution in [1.82, 2.24) is 0 Å². The average molecular weight is 243 g/mol. The molecular formula is C10H11BrO2. The van der Waals surface area contributed by atoms with E-state index in [4.69, 9.17) is 4.74 Å². The Labute approximate surface area is 85.7 Å². The summed E-state index contributed by atoms with van der Waals surface area (Å²) < 4.78 is 6.39. The Bertz CT molecular complexity index is 334. The lowest BCUT2D eigenvalue weighted by molar-refractivity contribution is 0.0144. The van der Waals surface area contributed by atoms with E-state index in [1.54, 1.807) is 0 Å². The van der Waals surface area contributed by atoms with Gasteiger partial charge in [0.05, 0.1) is 16.7 Å². The molecular weight excluding hydrogens is 232 g/mol. The van der Waals surface area contributed by atoms with Crippen LogP contribution in [-0.2, 0) is 5.60 Å². The molecule has 1 aromatic carbocycles. The number of benzene rings is 1. The van der Waals surface area contributed by atoms with E-state index in [2.05, 4.69) is 15.9 Å². The Morgan fingerprint density at radius 2 is 2.31 bits per heavy atom. The highest BCUT2D eigenvalue weighted by molar-refractivity contribution is 9.10. The number of ether oxygens (including phenoxy) is 1. The Kier molecular flexibility index (Phi) is 2.08. The molecule has 0 radical (unpaired) electrons. The molecule has 1 heterocycles. The van der Waals surface area contributed by atoms with Crippen LogP contribution in [0, 0.1) is 0 Å². The van der Waals surface area contributed by atoms with Gasteiger partial charge in [-0.3, -0.25) is 0 Å². The molecule has 0 aromatic heterocycles. The molecule has 0 bridgehead atoms. The third-order valence-corrected chi connectivity index (χ3v) is 3.01. The molecule has 0 fully saturated rings. The number of halogens is 1. The van der Waals surface area contributed by atoms with Crippen molar-refractivity contribution >= 4 is 15.9 Å². The molecule has 1 N–H and O–H groups in total. The zero-order valence-electron chi connectivity index (χ0n) is 7.38. The van der Waals surface area contributed by atoms with Crippen LogP contribution in [0.5, 0.6) is 5.75 Å². The molecule has 1 aliphatic rings. The largest absolute Gasteiger partial charge is 0.492 e. The fraction of sp³-hybridized carbons (Fsp3) is 0.400. The summed E-state index contributed by atoms with van der Waals surface area (Å²) in [4.78, 5) is 0. The van der Waals surface area contributed by atoms with E-state index < -0.39 is 5.60 Å². The maximum absolute atomic E-state index is 10.1. The van der Waals surface area contributed by atoms with E-state index in [1.807, 2.05) is 25.1 Å². The number of hydrogen-bond donors (Lipinski definition) is 1. The number of rotatable bonds is 0. The van der Waals surface area contributed by atoms with E-state index in [0.29, 0.717) is 13.0 Å². The van der Waals surface area contributed by atoms with Crippen LogP contribution in [0.15, 0.2) is 22.7 Å². The van der Waals surface area contributed by atoms with Crippen molar-refractivity contribution in [3.8, 4) is 5.75 Å². The highest BCUT2D eigenvalue weighted by atomic mass is 79.9. The lowest BCUT2D eigenvalue weighted by Crippen LogP contribution is -2.29. The maximum Gasteiger partial charge on any atom is 0.139 e. The van der Waals surface area contributed by atoms with Crippen molar-refractivity contribution in [2.45, 2.75) is 18.9 Å². The summed E-state index contributed by atoms with van der Waals surface area (Å²) in [5.74, 6) is 0.777. The van der Waals surface area contributed by atoms with E-state index >= 15 is 0 Å². The molecule has 0 aliphatic carbocycles. The second-order valence-electron chi connectivity index (χ2n) is 3.49. The second-order valence-corrected chi connectivity index (χ2v) is 4.34. The van der Waals surface area contributed by atoms with Crippen molar-refractivity contribution in [2.24, 2.45) is 0 Å². The van der Waals surface area contributed by atoms with Gasteiger partial charge in [0.1, 0.15) is 5.75 Å². The topological polar surface area (TPSA) is 29.5 Å². The average Bonchev–Trinajstić information content (AvgIpc) is 2.06. The van der Waals surface area contributed by atoms with Gasteiger partial charge >= 0.3 is 0 Å². The summed E-state index contributed by atoms with van der Waals surface area (Å²) in [6.07, 6.45) is 0.649. The quantitative estimate of drug-likeness (QED) is 0.758. The van der Waals surface area contributed by atoms with Crippen LogP contribution in [0.1, 0.15) is 18.9 Å². The Morgan fingerprint density at radius 1 is 1.54 bits per heavy atom. The molecule has 0 amide bonds. The standard InChI is InChI=1S/C10H11BrO2/c1-10(12)5-6-13-9-7(10)3-2-4-8(9)11/h2-4,12H,5-6H2,1H3. The van der Waals surface area contributed by atoms with Crippen LogP contribution in [0.3, 0.4) is 0 Å². The minimum atomic E-state index is -0.753. The first-order valence-electron chi connectivity index (χ1n) is 4.25. The monoisotopic (exact) mass is 242 g/mol. The fourth-order valence-electron chi connectivity index (χ4n) is 1.57. The van der Waals surface area contributed by atoms with Gasteiger partial charge in [-0.1, -0.05) is 12.1 Å². The fourth-order valence-corrected chi connectivity index (χ4v) is 2.05. The van der Waals surface area contributed by atoms with Gasteiger partial charge in [-0.05, 0) is 28.9 Å². The SMILES string of the molecule is CC1(O)CCOc2c(Br)cccc21. The van der Waals surface area contributed by atoms with Gasteiger partial charge in [-0.2, -0.15) is 0 Å². The first kappa shape index (κ1) is 9.03. The van der Waals surface area contributed by atoms with Crippen LogP contribution in [0.4, 0.5) is 0 Å². The van der Waals surface area contributed by atoms with E-state index in [-0.39, 0.29) is 0 Å². The van der Waals surface area contributed by atoms with Gasteiger partial charge in [0.15, 0.2) is 0 Å². The summed E-state index contributed by atoms with van der Waals surface area (Å²) >= 11 is 3.40. The predicted molar refractivity (Wildman–Crippen MR) is 53.8 cm³/mol. The second kappa shape index (κ2) is 3.00. The van der Waals surface area contributed by atoms with Crippen molar-refractivity contribution < 1.29 is 9.84 Å². The summed E-state index contributed by atoms with van der Waals surface area (Å²) in [7, 11) is 0. The van der Waals surface area contributed by atoms with Gasteiger partial charge < -0.3 is 9.84 Å². The molecule has 2 rings (SSSR count). The molecule has 70 valence electrons. The molecule has 0 spiro atoms. The Morgan fingerprint density at radius 3 is 3.00 bits per heavy atom. The van der Waals surface area contributed by atoms with Gasteiger partial charge in [0, 0.05) is 12.0 Å². The zero-order valence-corrected chi connectivity index (χ0v) is 8.97. The van der Waals surface area contributed by atoms with Crippen molar-refractivity contribution in [2.75, 3.05) is 6.61 Å². The van der Waals surface area contributed by atoms with Gasteiger partial charge in [-0.15, -0.1) is 0 Å². The lowest BCUT2D eigenvalue weighted by Gasteiger charge is -2.31. The molecule has 1 atom stereocenters. The van der Waals surface area contributed by atoms with Gasteiger partial charge in [0.25, 0.3) is 0 Å². The highest BCUT2D eigenvalue weighted by Crippen LogP contribution is 2.40. The van der Waals surface area contributed by atoms with Crippen LogP contribution < -0.4 is 4.74 Å². The molecule has 2 nitrogen and oxygen atoms in total. The molecule has 1 aliphatic heterocycles. The van der Waals surface area contributed by atoms with Crippen molar-refractivity contribution in [1.29, 1.82) is 0 Å². The number of aliphatic hydroxyl groups is 1. The molecule has 0 saturated carbocycles. The van der Waals surface area contributed by atoms with Gasteiger partial charge in [-0.25, -0.2) is 0 Å². The predicted octanol–water partition coefficient (Wildman–Crippen LogP) is 2.44. The number of para-hydroxylation sites is 1. The lowest BCUT2D eigenvalue weighted by atomic mass is 9.90. The van der Waals surface area contributed by atoms with E-state index in [9.17, 15) is 5.11 Å². The first-order valence-corrected chi connectivity index (χ1v) is 5.05. The maximum atomic E-state index is 10.1. The Hall–Kier alpha value is -0.540. The zero-order chi connectivity index (χ0) is 9.47. The van der Waals surface area contributed by atoms with Gasteiger partial charge in [0.2, 0.25) is 0 Å². The summed E-state index contributed by atoms with van der Waals surface area (Å²) in [5, 5.41) is 10.1. The number of hydrogen-bond acceptors (Lipinski definition) is 2. The van der Waals surface area contributed by atoms with Crippen molar-refractivity contribution in [3.05, 3.63) is 28.2 Å². The smallest absolute Gasteiger partial charge is 0.139 e. The van der Waals surface area contributed by atoms with Crippen LogP contribution in [0.2, 0.25) is 0 Å². The minimum absolute atomic E-state index is 0.572. The van der Waals surface area contributed by atoms with Crippen molar-refractivity contribution in [3.63, 3.8) is 0 Å². The summed E-state index contributed by atoms with van der Waals surface area (Å²) in [6, 6.07) is 5.73. The summed E-state index contributed by atoms with van der Waals surface area (Å²) in [6.45, 7) is 2.39. The third kappa shape index (κ3) is 1.46. The van der Waals surface area contributed by atoms with Crippen LogP contribution in [-0.4, -0.2) is 11.7 Å². The normalized spacial score (nSPS) is 26.4. The van der Waals surface area contributed by atoms with E-state index in [0.717, 1.165) is 15.8 Å². The van der Waals surface area contributed by atoms with Crippen LogP contribution in [0.25, 0.3) is 0 Å². The first-order chi connectivity index (χ1) is 6.11. The molecule has 0 saturated heterocycles. The third-order valence-electron chi connectivity index (χ3n) is 2.38. The summed E-state index contributed by atoms with van der Waals surface area (Å²) in [5.41, 5.74) is 0.116. The van der Waals surface area contributed by atoms with E-state index in [1.165, 1.54) is 0 Å². The Balaban J connectivity index is 2.58. The minimum Gasteiger partial charge on any atom is -0.492 e. The molecule has 13 heavy (non-hydrogen) atoms. The van der Waals surface area contributed by atoms with Crippen LogP contribution >= 0.6 is 15.9 Å².